The van der Waals surface area contributed by atoms with Crippen LogP contribution in [0.2, 0.25) is 0 Å². The summed E-state index contributed by atoms with van der Waals surface area (Å²) in [6, 6.07) is 0. The third-order valence-electron chi connectivity index (χ3n) is 2.52. The second-order valence-corrected chi connectivity index (χ2v) is 6.70. The van der Waals surface area contributed by atoms with Crippen LogP contribution in [0.3, 0.4) is 0 Å². The fourth-order valence-corrected chi connectivity index (χ4v) is 2.16. The highest BCUT2D eigenvalue weighted by Gasteiger charge is 2.44. The molecule has 0 rings (SSSR count). The van der Waals surface area contributed by atoms with E-state index in [1.807, 2.05) is 0 Å². The molecule has 0 heterocycles. The van der Waals surface area contributed by atoms with Gasteiger partial charge in [-0.2, -0.15) is 0 Å². The average Bonchev–Trinajstić information content (AvgIpc) is 2.51. The van der Waals surface area contributed by atoms with Crippen LogP contribution in [0.15, 0.2) is 12.3 Å². The zero-order chi connectivity index (χ0) is 15.8. The molecule has 0 unspecified atom stereocenters. The van der Waals surface area contributed by atoms with Gasteiger partial charge in [-0.1, -0.05) is 46.6 Å². The van der Waals surface area contributed by atoms with Crippen molar-refractivity contribution in [1.29, 1.82) is 0 Å². The van der Waals surface area contributed by atoms with Gasteiger partial charge < -0.3 is 0 Å². The molecule has 0 saturated heterocycles. The minimum Gasteiger partial charge on any atom is -0.243 e. The van der Waals surface area contributed by atoms with E-state index in [9.17, 15) is 0 Å². The van der Waals surface area contributed by atoms with E-state index in [1.54, 1.807) is 0 Å². The van der Waals surface area contributed by atoms with Crippen molar-refractivity contribution in [3.05, 3.63) is 12.3 Å². The fourth-order valence-electron chi connectivity index (χ4n) is 1.12. The Kier molecular flexibility index (Phi) is 14.4. The summed E-state index contributed by atoms with van der Waals surface area (Å²) in [5, 5.41) is 0. The highest BCUT2D eigenvalue weighted by molar-refractivity contribution is 6.65. The van der Waals surface area contributed by atoms with Gasteiger partial charge >= 0.3 is 8.80 Å². The molecule has 0 fully saturated rings. The predicted molar refractivity (Wildman–Crippen MR) is 81.8 cm³/mol. The van der Waals surface area contributed by atoms with Crippen LogP contribution in [-0.4, -0.2) is 28.6 Å². The van der Waals surface area contributed by atoms with Crippen molar-refractivity contribution in [2.75, 3.05) is 19.8 Å². The van der Waals surface area contributed by atoms with Crippen LogP contribution >= 0.6 is 0 Å². The van der Waals surface area contributed by atoms with Crippen molar-refractivity contribution in [2.24, 2.45) is 0 Å². The maximum Gasteiger partial charge on any atom is 0.612 e. The molecule has 0 aromatic rings. The third kappa shape index (κ3) is 11.0. The lowest BCUT2D eigenvalue weighted by Gasteiger charge is -2.22. The fraction of sp³-hybridized carbons (Fsp3) is 0.857. The molecule has 0 spiro atoms. The van der Waals surface area contributed by atoms with Gasteiger partial charge in [0, 0.05) is 0 Å². The Balaban J connectivity index is 4.26. The summed E-state index contributed by atoms with van der Waals surface area (Å²) in [5.74, 6) is 0. The van der Waals surface area contributed by atoms with Gasteiger partial charge in [0.2, 0.25) is 0 Å². The van der Waals surface area contributed by atoms with Gasteiger partial charge in [-0.05, 0) is 25.0 Å². The summed E-state index contributed by atoms with van der Waals surface area (Å²) >= 11 is 0. The SMILES string of the molecule is C=C[Si](OOCCCC)(OOCCCC)OOCCCC. The molecule has 7 heteroatoms. The molecule has 0 radical (unpaired) electrons. The molecule has 0 aromatic heterocycles. The first-order chi connectivity index (χ1) is 10.2. The van der Waals surface area contributed by atoms with Crippen LogP contribution in [0.25, 0.3) is 0 Å². The van der Waals surface area contributed by atoms with Crippen LogP contribution in [-0.2, 0) is 28.4 Å². The number of unbranched alkanes of at least 4 members (excludes halogenated alkanes) is 3. The number of rotatable bonds is 16. The average molecular weight is 322 g/mol. The first-order valence-corrected chi connectivity index (χ1v) is 9.60. The van der Waals surface area contributed by atoms with E-state index in [2.05, 4.69) is 27.4 Å². The van der Waals surface area contributed by atoms with Crippen molar-refractivity contribution in [3.63, 3.8) is 0 Å². The van der Waals surface area contributed by atoms with Crippen molar-refractivity contribution in [2.45, 2.75) is 59.3 Å². The second-order valence-electron chi connectivity index (χ2n) is 4.58. The van der Waals surface area contributed by atoms with Crippen molar-refractivity contribution >= 4 is 8.80 Å². The largest absolute Gasteiger partial charge is 0.612 e. The molecule has 0 aromatic carbocycles. The van der Waals surface area contributed by atoms with E-state index in [4.69, 9.17) is 28.4 Å². The highest BCUT2D eigenvalue weighted by Crippen LogP contribution is 2.14. The summed E-state index contributed by atoms with van der Waals surface area (Å²) in [6.45, 7) is 11.2. The van der Waals surface area contributed by atoms with Crippen LogP contribution in [0.5, 0.6) is 0 Å². The lowest BCUT2D eigenvalue weighted by molar-refractivity contribution is -0.358. The summed E-state index contributed by atoms with van der Waals surface area (Å²) in [4.78, 5) is 15.4. The van der Waals surface area contributed by atoms with Crippen LogP contribution in [0, 0.1) is 0 Å². The van der Waals surface area contributed by atoms with E-state index in [0.29, 0.717) is 19.8 Å². The third-order valence-corrected chi connectivity index (χ3v) is 4.07. The van der Waals surface area contributed by atoms with E-state index in [1.165, 1.54) is 5.70 Å². The molecule has 0 saturated carbocycles. The Hall–Kier alpha value is -0.283. The Morgan fingerprint density at radius 2 is 1.05 bits per heavy atom. The highest BCUT2D eigenvalue weighted by atomic mass is 28.4. The van der Waals surface area contributed by atoms with E-state index >= 15 is 0 Å². The molecule has 0 aliphatic rings. The van der Waals surface area contributed by atoms with E-state index < -0.39 is 8.80 Å². The Bertz CT molecular complexity index is 208. The summed E-state index contributed by atoms with van der Waals surface area (Å²) in [7, 11) is -3.32. The Morgan fingerprint density at radius 1 is 0.714 bits per heavy atom. The maximum atomic E-state index is 5.27. The number of hydrogen-bond acceptors (Lipinski definition) is 6. The molecular weight excluding hydrogens is 292 g/mol. The lowest BCUT2D eigenvalue weighted by Crippen LogP contribution is -2.44. The minimum atomic E-state index is -3.32. The minimum absolute atomic E-state index is 0.454. The first-order valence-electron chi connectivity index (χ1n) is 7.80. The Labute approximate surface area is 129 Å². The van der Waals surface area contributed by atoms with Crippen molar-refractivity contribution in [3.8, 4) is 0 Å². The lowest BCUT2D eigenvalue weighted by atomic mass is 10.4. The normalized spacial score (nSPS) is 11.8. The monoisotopic (exact) mass is 322 g/mol. The van der Waals surface area contributed by atoms with Gasteiger partial charge in [-0.3, -0.25) is 0 Å². The van der Waals surface area contributed by atoms with Crippen LogP contribution < -0.4 is 0 Å². The molecule has 126 valence electrons. The summed E-state index contributed by atoms with van der Waals surface area (Å²) < 4.78 is 15.8. The molecule has 0 aliphatic heterocycles. The van der Waals surface area contributed by atoms with Gasteiger partial charge in [-0.15, -0.1) is 0 Å². The Morgan fingerprint density at radius 3 is 1.29 bits per heavy atom. The number of hydrogen-bond donors (Lipinski definition) is 0. The zero-order valence-corrected chi connectivity index (χ0v) is 14.6. The van der Waals surface area contributed by atoms with Crippen molar-refractivity contribution in [1.82, 2.24) is 0 Å². The van der Waals surface area contributed by atoms with Crippen molar-refractivity contribution < 1.29 is 28.4 Å². The predicted octanol–water partition coefficient (Wildman–Crippen LogP) is 3.90. The van der Waals surface area contributed by atoms with E-state index in [0.717, 1.165) is 38.5 Å². The summed E-state index contributed by atoms with van der Waals surface area (Å²) in [5.41, 5.74) is 1.43. The van der Waals surface area contributed by atoms with Gasteiger partial charge in [0.05, 0.1) is 19.8 Å². The van der Waals surface area contributed by atoms with Gasteiger partial charge in [0.15, 0.2) is 0 Å². The smallest absolute Gasteiger partial charge is 0.243 e. The standard InChI is InChI=1S/C14H30O6Si/c1-5-9-12-15-18-21(8-4,19-16-13-10-6-2)20-17-14-11-7-3/h8H,4-7,9-14H2,1-3H3. The molecule has 0 amide bonds. The molecule has 0 atom stereocenters. The van der Waals surface area contributed by atoms with Gasteiger partial charge in [0.25, 0.3) is 0 Å². The molecule has 21 heavy (non-hydrogen) atoms. The van der Waals surface area contributed by atoms with Gasteiger partial charge in [-0.25, -0.2) is 28.4 Å². The molecular formula is C14H30O6Si. The van der Waals surface area contributed by atoms with E-state index in [-0.39, 0.29) is 0 Å². The summed E-state index contributed by atoms with van der Waals surface area (Å²) in [6.07, 6.45) is 5.67. The molecule has 0 bridgehead atoms. The topological polar surface area (TPSA) is 55.4 Å². The second kappa shape index (κ2) is 14.6. The van der Waals surface area contributed by atoms with Gasteiger partial charge in [0.1, 0.15) is 0 Å². The molecule has 6 nitrogen and oxygen atoms in total. The van der Waals surface area contributed by atoms with Crippen LogP contribution in [0.1, 0.15) is 59.3 Å². The molecule has 0 aliphatic carbocycles. The first kappa shape index (κ1) is 20.7. The molecule has 0 N–H and O–H groups in total. The van der Waals surface area contributed by atoms with Crippen LogP contribution in [0.4, 0.5) is 0 Å². The maximum absolute atomic E-state index is 5.27. The quantitative estimate of drug-likeness (QED) is 0.186. The zero-order valence-electron chi connectivity index (χ0n) is 13.6.